The Morgan fingerprint density at radius 3 is 2.33 bits per heavy atom. The van der Waals surface area contributed by atoms with Crippen LogP contribution >= 0.6 is 0 Å². The number of nitrogens with zero attached hydrogens (tertiary/aromatic N) is 1. The summed E-state index contributed by atoms with van der Waals surface area (Å²) in [6.45, 7) is 4.98. The zero-order valence-corrected chi connectivity index (χ0v) is 21.5. The van der Waals surface area contributed by atoms with Gasteiger partial charge in [0.15, 0.2) is 0 Å². The summed E-state index contributed by atoms with van der Waals surface area (Å²) in [6.07, 6.45) is 1.20. The van der Waals surface area contributed by atoms with Crippen LogP contribution in [0.2, 0.25) is 0 Å². The number of benzene rings is 4. The number of amides is 1. The van der Waals surface area contributed by atoms with E-state index in [4.69, 9.17) is 4.74 Å². The number of sulfonamides is 1. The third-order valence-electron chi connectivity index (χ3n) is 6.11. The number of anilines is 1. The summed E-state index contributed by atoms with van der Waals surface area (Å²) in [6, 6.07) is 26.2. The monoisotopic (exact) mass is 502 g/mol. The maximum absolute atomic E-state index is 12.7. The molecule has 0 atom stereocenters. The number of rotatable bonds is 9. The highest BCUT2D eigenvalue weighted by Crippen LogP contribution is 2.29. The maximum Gasteiger partial charge on any atom is 0.251 e. The van der Waals surface area contributed by atoms with Crippen LogP contribution in [0.15, 0.2) is 84.9 Å². The van der Waals surface area contributed by atoms with Gasteiger partial charge in [-0.25, -0.2) is 8.42 Å². The van der Waals surface area contributed by atoms with Crippen LogP contribution in [0.1, 0.15) is 27.0 Å². The molecule has 0 saturated heterocycles. The van der Waals surface area contributed by atoms with Gasteiger partial charge in [-0.3, -0.25) is 9.10 Å². The van der Waals surface area contributed by atoms with Crippen LogP contribution < -0.4 is 14.4 Å². The number of aryl methyl sites for hydroxylation is 2. The molecule has 36 heavy (non-hydrogen) atoms. The van der Waals surface area contributed by atoms with Crippen LogP contribution in [0.3, 0.4) is 0 Å². The predicted octanol–water partition coefficient (Wildman–Crippen LogP) is 5.23. The fraction of sp³-hybridized carbons (Fsp3) is 0.207. The van der Waals surface area contributed by atoms with Crippen molar-refractivity contribution in [3.8, 4) is 5.75 Å². The maximum atomic E-state index is 12.7. The number of carbonyl (C=O) groups is 1. The molecule has 0 spiro atoms. The molecule has 6 nitrogen and oxygen atoms in total. The van der Waals surface area contributed by atoms with Crippen molar-refractivity contribution < 1.29 is 17.9 Å². The number of hydrogen-bond donors (Lipinski definition) is 1. The summed E-state index contributed by atoms with van der Waals surface area (Å²) >= 11 is 0. The zero-order valence-electron chi connectivity index (χ0n) is 20.7. The van der Waals surface area contributed by atoms with Gasteiger partial charge in [-0.15, -0.1) is 0 Å². The lowest BCUT2D eigenvalue weighted by molar-refractivity contribution is 0.0947. The van der Waals surface area contributed by atoms with Gasteiger partial charge >= 0.3 is 0 Å². The first-order valence-electron chi connectivity index (χ1n) is 11.7. The Kier molecular flexibility index (Phi) is 7.60. The molecule has 7 heteroatoms. The minimum Gasteiger partial charge on any atom is -0.492 e. The molecule has 0 fully saturated rings. The molecule has 0 radical (unpaired) electrons. The van der Waals surface area contributed by atoms with Gasteiger partial charge in [0, 0.05) is 10.9 Å². The number of hydrogen-bond acceptors (Lipinski definition) is 4. The first kappa shape index (κ1) is 25.3. The molecule has 4 aromatic rings. The SMILES string of the molecule is Cc1ccc(OCCNC(=O)c2ccc(CN(c3cccc4ccccc34)S(C)(=O)=O)cc2)cc1C. The van der Waals surface area contributed by atoms with E-state index < -0.39 is 10.0 Å². The number of nitrogens with one attached hydrogen (secondary N) is 1. The Bertz CT molecular complexity index is 1480. The lowest BCUT2D eigenvalue weighted by Gasteiger charge is -2.24. The summed E-state index contributed by atoms with van der Waals surface area (Å²) in [7, 11) is -3.54. The van der Waals surface area contributed by atoms with Gasteiger partial charge in [0.25, 0.3) is 5.91 Å². The average Bonchev–Trinajstić information content (AvgIpc) is 2.86. The van der Waals surface area contributed by atoms with Gasteiger partial charge in [-0.2, -0.15) is 0 Å². The summed E-state index contributed by atoms with van der Waals surface area (Å²) in [5.41, 5.74) is 4.27. The van der Waals surface area contributed by atoms with E-state index in [9.17, 15) is 13.2 Å². The third kappa shape index (κ3) is 6.04. The molecule has 0 heterocycles. The Hall–Kier alpha value is -3.84. The molecule has 4 aromatic carbocycles. The minimum atomic E-state index is -3.54. The van der Waals surface area contributed by atoms with Crippen molar-refractivity contribution >= 4 is 32.4 Å². The molecule has 1 N–H and O–H groups in total. The second kappa shape index (κ2) is 10.8. The third-order valence-corrected chi connectivity index (χ3v) is 7.24. The molecule has 1 amide bonds. The molecule has 186 valence electrons. The molecule has 0 aliphatic rings. The van der Waals surface area contributed by atoms with Gasteiger partial charge in [0.2, 0.25) is 10.0 Å². The minimum absolute atomic E-state index is 0.165. The molecule has 0 aliphatic carbocycles. The van der Waals surface area contributed by atoms with E-state index in [0.717, 1.165) is 27.6 Å². The Morgan fingerprint density at radius 2 is 1.61 bits per heavy atom. The quantitative estimate of drug-likeness (QED) is 0.318. The number of fused-ring (bicyclic) bond motifs is 1. The van der Waals surface area contributed by atoms with Gasteiger partial charge < -0.3 is 10.1 Å². The first-order valence-corrected chi connectivity index (χ1v) is 13.6. The Labute approximate surface area is 212 Å². The van der Waals surface area contributed by atoms with Crippen molar-refractivity contribution in [1.29, 1.82) is 0 Å². The van der Waals surface area contributed by atoms with E-state index >= 15 is 0 Å². The van der Waals surface area contributed by atoms with E-state index in [1.165, 1.54) is 16.1 Å². The molecular weight excluding hydrogens is 472 g/mol. The molecule has 0 aromatic heterocycles. The van der Waals surface area contributed by atoms with E-state index in [-0.39, 0.29) is 12.5 Å². The highest BCUT2D eigenvalue weighted by molar-refractivity contribution is 7.92. The van der Waals surface area contributed by atoms with Crippen molar-refractivity contribution in [1.82, 2.24) is 5.32 Å². The Morgan fingerprint density at radius 1 is 0.889 bits per heavy atom. The standard InChI is InChI=1S/C29H30N2O4S/c1-21-11-16-26(19-22(21)2)35-18-17-30-29(32)25-14-12-23(13-15-25)20-31(36(3,33)34)28-10-6-8-24-7-4-5-9-27(24)28/h4-16,19H,17-18,20H2,1-3H3,(H,30,32). The van der Waals surface area contributed by atoms with Crippen LogP contribution in [0.4, 0.5) is 5.69 Å². The van der Waals surface area contributed by atoms with Crippen LogP contribution in [-0.4, -0.2) is 33.7 Å². The van der Waals surface area contributed by atoms with E-state index in [1.807, 2.05) is 74.5 Å². The predicted molar refractivity (Wildman–Crippen MR) is 145 cm³/mol. The normalized spacial score (nSPS) is 11.3. The second-order valence-electron chi connectivity index (χ2n) is 8.82. The fourth-order valence-electron chi connectivity index (χ4n) is 3.97. The smallest absolute Gasteiger partial charge is 0.251 e. The molecule has 4 rings (SSSR count). The van der Waals surface area contributed by atoms with Crippen LogP contribution in [0.5, 0.6) is 5.75 Å². The van der Waals surface area contributed by atoms with Gasteiger partial charge in [-0.05, 0) is 66.3 Å². The van der Waals surface area contributed by atoms with Crippen LogP contribution in [-0.2, 0) is 16.6 Å². The highest BCUT2D eigenvalue weighted by Gasteiger charge is 2.20. The van der Waals surface area contributed by atoms with Crippen molar-refractivity contribution in [3.05, 3.63) is 107 Å². The molecule has 0 aliphatic heterocycles. The molecular formula is C29H30N2O4S. The zero-order chi connectivity index (χ0) is 25.7. The van der Waals surface area contributed by atoms with E-state index in [2.05, 4.69) is 5.32 Å². The molecule has 0 saturated carbocycles. The topological polar surface area (TPSA) is 75.7 Å². The van der Waals surface area contributed by atoms with E-state index in [1.54, 1.807) is 24.3 Å². The second-order valence-corrected chi connectivity index (χ2v) is 10.7. The molecule has 0 bridgehead atoms. The average molecular weight is 503 g/mol. The fourth-order valence-corrected chi connectivity index (χ4v) is 4.87. The molecule has 0 unspecified atom stereocenters. The highest BCUT2D eigenvalue weighted by atomic mass is 32.2. The first-order chi connectivity index (χ1) is 17.2. The van der Waals surface area contributed by atoms with Crippen LogP contribution in [0, 0.1) is 13.8 Å². The lowest BCUT2D eigenvalue weighted by atomic mass is 10.1. The summed E-state index contributed by atoms with van der Waals surface area (Å²) in [5, 5.41) is 4.69. The number of carbonyl (C=O) groups excluding carboxylic acids is 1. The van der Waals surface area contributed by atoms with Crippen molar-refractivity contribution in [2.45, 2.75) is 20.4 Å². The Balaban J connectivity index is 1.39. The van der Waals surface area contributed by atoms with Gasteiger partial charge in [-0.1, -0.05) is 54.6 Å². The summed E-state index contributed by atoms with van der Waals surface area (Å²) in [4.78, 5) is 12.5. The van der Waals surface area contributed by atoms with Gasteiger partial charge in [0.1, 0.15) is 12.4 Å². The largest absolute Gasteiger partial charge is 0.492 e. The lowest BCUT2D eigenvalue weighted by Crippen LogP contribution is -2.30. The van der Waals surface area contributed by atoms with Crippen LogP contribution in [0.25, 0.3) is 10.8 Å². The van der Waals surface area contributed by atoms with Crippen molar-refractivity contribution in [2.75, 3.05) is 23.7 Å². The summed E-state index contributed by atoms with van der Waals surface area (Å²) in [5.74, 6) is 0.567. The van der Waals surface area contributed by atoms with Crippen molar-refractivity contribution in [2.24, 2.45) is 0 Å². The number of ether oxygens (including phenoxy) is 1. The summed E-state index contributed by atoms with van der Waals surface area (Å²) < 4.78 is 32.5. The van der Waals surface area contributed by atoms with Gasteiger partial charge in [0.05, 0.1) is 25.0 Å². The van der Waals surface area contributed by atoms with Crippen molar-refractivity contribution in [3.63, 3.8) is 0 Å². The van der Waals surface area contributed by atoms with E-state index in [0.29, 0.717) is 24.4 Å².